The number of ketones is 1. The van der Waals surface area contributed by atoms with Crippen molar-refractivity contribution < 1.29 is 9.59 Å². The molecule has 0 aliphatic heterocycles. The SMILES string of the molecule is CCN(Cc1cnn(CC)c1)C(=O)CCn1nc(C)c(C(C)=O)c1C. The molecule has 0 aromatic carbocycles. The molecule has 2 rings (SSSR count). The van der Waals surface area contributed by atoms with E-state index in [1.165, 1.54) is 0 Å². The van der Waals surface area contributed by atoms with Crippen LogP contribution in [0.15, 0.2) is 12.4 Å². The molecule has 136 valence electrons. The Morgan fingerprint density at radius 3 is 2.48 bits per heavy atom. The third-order valence-corrected chi connectivity index (χ3v) is 4.39. The van der Waals surface area contributed by atoms with Crippen LogP contribution >= 0.6 is 0 Å². The molecule has 0 aliphatic carbocycles. The van der Waals surface area contributed by atoms with Crippen LogP contribution in [-0.2, 0) is 24.4 Å². The van der Waals surface area contributed by atoms with Crippen molar-refractivity contribution in [3.05, 3.63) is 34.9 Å². The molecule has 2 aromatic heterocycles. The highest BCUT2D eigenvalue weighted by atomic mass is 16.2. The van der Waals surface area contributed by atoms with Crippen molar-refractivity contribution in [3.63, 3.8) is 0 Å². The summed E-state index contributed by atoms with van der Waals surface area (Å²) in [6.45, 7) is 11.7. The van der Waals surface area contributed by atoms with Crippen LogP contribution in [0.2, 0.25) is 0 Å². The lowest BCUT2D eigenvalue weighted by molar-refractivity contribution is -0.131. The van der Waals surface area contributed by atoms with E-state index in [1.807, 2.05) is 43.5 Å². The number of carbonyl (C=O) groups excluding carboxylic acids is 2. The molecule has 2 heterocycles. The first-order chi connectivity index (χ1) is 11.9. The van der Waals surface area contributed by atoms with Gasteiger partial charge in [-0.05, 0) is 34.6 Å². The Kier molecular flexibility index (Phi) is 6.12. The van der Waals surface area contributed by atoms with Gasteiger partial charge in [-0.25, -0.2) is 0 Å². The van der Waals surface area contributed by atoms with Gasteiger partial charge in [-0.2, -0.15) is 10.2 Å². The molecule has 0 radical (unpaired) electrons. The minimum Gasteiger partial charge on any atom is -0.338 e. The summed E-state index contributed by atoms with van der Waals surface area (Å²) in [5.74, 6) is 0.0828. The van der Waals surface area contributed by atoms with E-state index in [0.717, 1.165) is 23.5 Å². The topological polar surface area (TPSA) is 73.0 Å². The van der Waals surface area contributed by atoms with Crippen LogP contribution < -0.4 is 0 Å². The van der Waals surface area contributed by atoms with E-state index in [9.17, 15) is 9.59 Å². The predicted molar refractivity (Wildman–Crippen MR) is 95.3 cm³/mol. The molecule has 0 saturated heterocycles. The molecule has 0 saturated carbocycles. The van der Waals surface area contributed by atoms with Gasteiger partial charge in [0.15, 0.2) is 5.78 Å². The number of amides is 1. The normalized spacial score (nSPS) is 10.9. The monoisotopic (exact) mass is 345 g/mol. The average molecular weight is 345 g/mol. The predicted octanol–water partition coefficient (Wildman–Crippen LogP) is 2.36. The standard InChI is InChI=1S/C18H27N5O2/c1-6-21(11-16-10-19-22(7-2)12-16)17(25)8-9-23-14(4)18(15(5)24)13(3)20-23/h10,12H,6-9,11H2,1-5H3. The fraction of sp³-hybridized carbons (Fsp3) is 0.556. The number of aryl methyl sites for hydroxylation is 3. The summed E-state index contributed by atoms with van der Waals surface area (Å²) in [4.78, 5) is 26.1. The van der Waals surface area contributed by atoms with Gasteiger partial charge < -0.3 is 4.90 Å². The number of hydrogen-bond donors (Lipinski definition) is 0. The molecule has 0 aliphatic rings. The second-order valence-corrected chi connectivity index (χ2v) is 6.19. The van der Waals surface area contributed by atoms with E-state index in [0.29, 0.717) is 31.6 Å². The Morgan fingerprint density at radius 2 is 1.96 bits per heavy atom. The third kappa shape index (κ3) is 4.35. The molecule has 0 unspecified atom stereocenters. The minimum absolute atomic E-state index is 0.00990. The molecule has 0 N–H and O–H groups in total. The highest BCUT2D eigenvalue weighted by Gasteiger charge is 2.17. The number of hydrogen-bond acceptors (Lipinski definition) is 4. The molecule has 2 aromatic rings. The molecule has 25 heavy (non-hydrogen) atoms. The maximum atomic E-state index is 12.6. The highest BCUT2D eigenvalue weighted by Crippen LogP contribution is 2.14. The lowest BCUT2D eigenvalue weighted by atomic mass is 10.1. The average Bonchev–Trinajstić information content (AvgIpc) is 3.14. The summed E-state index contributed by atoms with van der Waals surface area (Å²) in [5.41, 5.74) is 3.23. The van der Waals surface area contributed by atoms with Gasteiger partial charge in [0.2, 0.25) is 5.91 Å². The van der Waals surface area contributed by atoms with Crippen LogP contribution in [-0.4, -0.2) is 42.7 Å². The smallest absolute Gasteiger partial charge is 0.224 e. The first kappa shape index (κ1) is 18.9. The van der Waals surface area contributed by atoms with Gasteiger partial charge in [-0.3, -0.25) is 19.0 Å². The summed E-state index contributed by atoms with van der Waals surface area (Å²) in [7, 11) is 0. The van der Waals surface area contributed by atoms with Crippen molar-refractivity contribution in [3.8, 4) is 0 Å². The Labute approximate surface area is 148 Å². The van der Waals surface area contributed by atoms with Crippen LogP contribution in [0, 0.1) is 13.8 Å². The molecule has 0 atom stereocenters. The zero-order chi connectivity index (χ0) is 18.6. The number of carbonyl (C=O) groups is 2. The first-order valence-electron chi connectivity index (χ1n) is 8.71. The zero-order valence-corrected chi connectivity index (χ0v) is 15.7. The van der Waals surface area contributed by atoms with E-state index in [-0.39, 0.29) is 11.7 Å². The summed E-state index contributed by atoms with van der Waals surface area (Å²) < 4.78 is 3.61. The van der Waals surface area contributed by atoms with E-state index < -0.39 is 0 Å². The van der Waals surface area contributed by atoms with E-state index in [2.05, 4.69) is 10.2 Å². The summed E-state index contributed by atoms with van der Waals surface area (Å²) in [6, 6.07) is 0. The van der Waals surface area contributed by atoms with Crippen LogP contribution in [0.25, 0.3) is 0 Å². The maximum Gasteiger partial charge on any atom is 0.224 e. The molecule has 0 spiro atoms. The molecular formula is C18H27N5O2. The molecular weight excluding hydrogens is 318 g/mol. The molecule has 0 bridgehead atoms. The van der Waals surface area contributed by atoms with Gasteiger partial charge >= 0.3 is 0 Å². The third-order valence-electron chi connectivity index (χ3n) is 4.39. The summed E-state index contributed by atoms with van der Waals surface area (Å²) in [5, 5.41) is 8.65. The summed E-state index contributed by atoms with van der Waals surface area (Å²) >= 11 is 0. The van der Waals surface area contributed by atoms with E-state index >= 15 is 0 Å². The minimum atomic E-state index is 0.00990. The fourth-order valence-electron chi connectivity index (χ4n) is 3.04. The van der Waals surface area contributed by atoms with Gasteiger partial charge in [-0.15, -0.1) is 0 Å². The second kappa shape index (κ2) is 8.09. The molecule has 0 fully saturated rings. The van der Waals surface area contributed by atoms with Crippen LogP contribution in [0.3, 0.4) is 0 Å². The van der Waals surface area contributed by atoms with E-state index in [4.69, 9.17) is 0 Å². The van der Waals surface area contributed by atoms with Gasteiger partial charge in [0.05, 0.1) is 17.5 Å². The van der Waals surface area contributed by atoms with Crippen LogP contribution in [0.5, 0.6) is 0 Å². The fourth-order valence-corrected chi connectivity index (χ4v) is 3.04. The molecule has 7 nitrogen and oxygen atoms in total. The van der Waals surface area contributed by atoms with Crippen molar-refractivity contribution in [2.75, 3.05) is 6.54 Å². The number of nitrogens with zero attached hydrogens (tertiary/aromatic N) is 5. The lowest BCUT2D eigenvalue weighted by Gasteiger charge is -2.20. The van der Waals surface area contributed by atoms with Gasteiger partial charge in [-0.1, -0.05) is 0 Å². The van der Waals surface area contributed by atoms with Crippen molar-refractivity contribution in [1.29, 1.82) is 0 Å². The Bertz CT molecular complexity index is 760. The Balaban J connectivity index is 2.00. The first-order valence-corrected chi connectivity index (χ1v) is 8.71. The maximum absolute atomic E-state index is 12.6. The van der Waals surface area contributed by atoms with E-state index in [1.54, 1.807) is 17.8 Å². The van der Waals surface area contributed by atoms with Crippen molar-refractivity contribution in [2.24, 2.45) is 0 Å². The Morgan fingerprint density at radius 1 is 1.24 bits per heavy atom. The largest absolute Gasteiger partial charge is 0.338 e. The zero-order valence-electron chi connectivity index (χ0n) is 15.7. The second-order valence-electron chi connectivity index (χ2n) is 6.19. The molecule has 1 amide bonds. The van der Waals surface area contributed by atoms with Crippen LogP contribution in [0.1, 0.15) is 54.5 Å². The van der Waals surface area contributed by atoms with Crippen molar-refractivity contribution >= 4 is 11.7 Å². The number of aromatic nitrogens is 4. The highest BCUT2D eigenvalue weighted by molar-refractivity contribution is 5.96. The lowest BCUT2D eigenvalue weighted by Crippen LogP contribution is -2.31. The Hall–Kier alpha value is -2.44. The molecule has 7 heteroatoms. The number of rotatable bonds is 8. The van der Waals surface area contributed by atoms with Crippen molar-refractivity contribution in [1.82, 2.24) is 24.5 Å². The quantitative estimate of drug-likeness (QED) is 0.689. The van der Waals surface area contributed by atoms with Crippen LogP contribution in [0.4, 0.5) is 0 Å². The summed E-state index contributed by atoms with van der Waals surface area (Å²) in [6.07, 6.45) is 4.13. The van der Waals surface area contributed by atoms with Gasteiger partial charge in [0, 0.05) is 50.1 Å². The number of Topliss-reactive ketones (excluding diaryl/α,β-unsaturated/α-hetero) is 1. The van der Waals surface area contributed by atoms with Gasteiger partial charge in [0.1, 0.15) is 0 Å². The van der Waals surface area contributed by atoms with Gasteiger partial charge in [0.25, 0.3) is 0 Å². The van der Waals surface area contributed by atoms with Crippen molar-refractivity contribution in [2.45, 2.75) is 60.7 Å².